The van der Waals surface area contributed by atoms with Crippen molar-refractivity contribution < 1.29 is 4.74 Å². The third-order valence-electron chi connectivity index (χ3n) is 11.9. The van der Waals surface area contributed by atoms with Gasteiger partial charge in [-0.1, -0.05) is 170 Å². The van der Waals surface area contributed by atoms with E-state index in [-0.39, 0.29) is 12.0 Å². The number of aromatic nitrogens is 3. The molecule has 0 saturated heterocycles. The van der Waals surface area contributed by atoms with Crippen LogP contribution in [0.15, 0.2) is 188 Å². The summed E-state index contributed by atoms with van der Waals surface area (Å²) in [6.07, 6.45) is 4.19. The fourth-order valence-corrected chi connectivity index (χ4v) is 9.23. The highest BCUT2D eigenvalue weighted by atomic mass is 16.5. The molecule has 9 aromatic carbocycles. The van der Waals surface area contributed by atoms with E-state index in [4.69, 9.17) is 19.7 Å². The fourth-order valence-electron chi connectivity index (χ4n) is 9.23. The van der Waals surface area contributed by atoms with Gasteiger partial charge >= 0.3 is 0 Å². The molecule has 2 atom stereocenters. The Balaban J connectivity index is 1.13. The maximum Gasteiger partial charge on any atom is 0.164 e. The number of hydrogen-bond acceptors (Lipinski definition) is 4. The topological polar surface area (TPSA) is 47.9 Å². The first-order valence-corrected chi connectivity index (χ1v) is 19.5. The van der Waals surface area contributed by atoms with E-state index in [0.29, 0.717) is 17.5 Å². The molecule has 1 aromatic heterocycles. The first kappa shape index (κ1) is 31.9. The Morgan fingerprint density at radius 3 is 1.79 bits per heavy atom. The maximum atomic E-state index is 6.92. The molecule has 1 aliphatic heterocycles. The van der Waals surface area contributed by atoms with Crippen molar-refractivity contribution in [3.05, 3.63) is 205 Å². The molecule has 4 heteroatoms. The molecule has 12 rings (SSSR count). The van der Waals surface area contributed by atoms with Gasteiger partial charge in [-0.3, -0.25) is 0 Å². The zero-order chi connectivity index (χ0) is 37.5. The molecule has 10 aromatic rings. The van der Waals surface area contributed by atoms with Crippen LogP contribution in [0.1, 0.15) is 22.9 Å². The number of fused-ring (bicyclic) bond motifs is 10. The number of nitrogens with zero attached hydrogens (tertiary/aromatic N) is 3. The molecule has 1 aliphatic carbocycles. The summed E-state index contributed by atoms with van der Waals surface area (Å²) >= 11 is 0. The van der Waals surface area contributed by atoms with Crippen LogP contribution in [0.25, 0.3) is 87.8 Å². The Morgan fingerprint density at radius 1 is 0.368 bits per heavy atom. The van der Waals surface area contributed by atoms with Crippen molar-refractivity contribution in [3.8, 4) is 28.5 Å². The van der Waals surface area contributed by atoms with E-state index in [0.717, 1.165) is 44.4 Å². The lowest BCUT2D eigenvalue weighted by atomic mass is 9.78. The van der Waals surface area contributed by atoms with Gasteiger partial charge in [-0.2, -0.15) is 0 Å². The quantitative estimate of drug-likeness (QED) is 0.169. The molecule has 2 aliphatic rings. The fraction of sp³-hybridized carbons (Fsp3) is 0.0377. The van der Waals surface area contributed by atoms with Gasteiger partial charge in [0.1, 0.15) is 11.9 Å². The van der Waals surface area contributed by atoms with Crippen LogP contribution in [0, 0.1) is 0 Å². The van der Waals surface area contributed by atoms with Gasteiger partial charge < -0.3 is 4.74 Å². The molecule has 0 fully saturated rings. The Kier molecular flexibility index (Phi) is 7.02. The van der Waals surface area contributed by atoms with E-state index >= 15 is 0 Å². The minimum atomic E-state index is -0.259. The van der Waals surface area contributed by atoms with E-state index < -0.39 is 0 Å². The van der Waals surface area contributed by atoms with E-state index in [2.05, 4.69) is 182 Å². The van der Waals surface area contributed by atoms with Gasteiger partial charge in [0.15, 0.2) is 17.5 Å². The van der Waals surface area contributed by atoms with Crippen molar-refractivity contribution in [2.24, 2.45) is 0 Å². The summed E-state index contributed by atoms with van der Waals surface area (Å²) in [7, 11) is 0. The monoisotopic (exact) mass is 727 g/mol. The summed E-state index contributed by atoms with van der Waals surface area (Å²) in [5.74, 6) is 2.69. The van der Waals surface area contributed by atoms with Gasteiger partial charge in [0.05, 0.1) is 5.92 Å². The predicted molar refractivity (Wildman–Crippen MR) is 234 cm³/mol. The molecule has 57 heavy (non-hydrogen) atoms. The van der Waals surface area contributed by atoms with Crippen molar-refractivity contribution in [2.45, 2.75) is 12.0 Å². The largest absolute Gasteiger partial charge is 0.484 e. The summed E-state index contributed by atoms with van der Waals surface area (Å²) < 4.78 is 6.92. The molecule has 0 saturated carbocycles. The lowest BCUT2D eigenvalue weighted by Crippen LogP contribution is -2.25. The molecule has 0 bridgehead atoms. The molecule has 0 N–H and O–H groups in total. The number of ether oxygens (including phenoxy) is 1. The van der Waals surface area contributed by atoms with Crippen LogP contribution >= 0.6 is 0 Å². The van der Waals surface area contributed by atoms with Crippen LogP contribution in [0.5, 0.6) is 5.75 Å². The highest BCUT2D eigenvalue weighted by Crippen LogP contribution is 2.52. The van der Waals surface area contributed by atoms with Gasteiger partial charge in [-0.15, -0.1) is 0 Å². The van der Waals surface area contributed by atoms with Crippen molar-refractivity contribution in [1.29, 1.82) is 0 Å². The molecule has 2 unspecified atom stereocenters. The van der Waals surface area contributed by atoms with Crippen molar-refractivity contribution >= 4 is 65.0 Å². The average Bonchev–Trinajstić information content (AvgIpc) is 3.68. The minimum Gasteiger partial charge on any atom is -0.484 e. The van der Waals surface area contributed by atoms with E-state index in [1.54, 1.807) is 0 Å². The van der Waals surface area contributed by atoms with Gasteiger partial charge in [0.25, 0.3) is 0 Å². The highest BCUT2D eigenvalue weighted by molar-refractivity contribution is 6.13. The summed E-state index contributed by atoms with van der Waals surface area (Å²) in [6.45, 7) is 0. The molecule has 266 valence electrons. The standard InChI is InChI=1S/C53H33N3O/c1-4-16-37-32(12-1)15-11-22-41(37)43-28-29-45(49-44-21-9-10-23-48(44)57-50(43)49)52-54-51(36-27-26-34-25-24-33-13-2-5-17-38(33)46(34)31-36)55-53(56-52)47-30-35-14-3-6-18-39(35)40-19-7-8-20-42(40)47/h1-31,49-50H. The second-order valence-electron chi connectivity index (χ2n) is 15.0. The minimum absolute atomic E-state index is 0.128. The van der Waals surface area contributed by atoms with Gasteiger partial charge in [-0.05, 0) is 77.6 Å². The van der Waals surface area contributed by atoms with E-state index in [1.165, 1.54) is 48.7 Å². The third-order valence-corrected chi connectivity index (χ3v) is 11.9. The molecule has 4 nitrogen and oxygen atoms in total. The van der Waals surface area contributed by atoms with Crippen LogP contribution in [0.3, 0.4) is 0 Å². The smallest absolute Gasteiger partial charge is 0.164 e. The van der Waals surface area contributed by atoms with Gasteiger partial charge in [-0.25, -0.2) is 15.0 Å². The SMILES string of the molecule is C1=C(c2cccc3ccccc23)C2Oc3ccccc3C2C(c2nc(-c3ccc4ccc5ccccc5c4c3)nc(-c3cc4ccccc4c4ccccc34)n2)=C1. The molecular formula is C53H33N3O. The Labute approximate surface area is 329 Å². The van der Waals surface area contributed by atoms with Crippen LogP contribution in [-0.2, 0) is 0 Å². The second-order valence-corrected chi connectivity index (χ2v) is 15.0. The summed E-state index contributed by atoms with van der Waals surface area (Å²) in [4.78, 5) is 16.2. The molecular weight excluding hydrogens is 695 g/mol. The van der Waals surface area contributed by atoms with Crippen molar-refractivity contribution in [1.82, 2.24) is 15.0 Å². The van der Waals surface area contributed by atoms with Crippen LogP contribution < -0.4 is 4.74 Å². The second kappa shape index (κ2) is 12.6. The number of allylic oxidation sites excluding steroid dienone is 2. The maximum absolute atomic E-state index is 6.92. The summed E-state index contributed by atoms with van der Waals surface area (Å²) in [6, 6.07) is 62.4. The van der Waals surface area contributed by atoms with Crippen LogP contribution in [-0.4, -0.2) is 21.1 Å². The number of para-hydroxylation sites is 1. The van der Waals surface area contributed by atoms with Crippen LogP contribution in [0.4, 0.5) is 0 Å². The summed E-state index contributed by atoms with van der Waals surface area (Å²) in [5, 5.41) is 11.8. The summed E-state index contributed by atoms with van der Waals surface area (Å²) in [5.41, 5.74) is 6.38. The lowest BCUT2D eigenvalue weighted by molar-refractivity contribution is 0.281. The van der Waals surface area contributed by atoms with Gasteiger partial charge in [0, 0.05) is 27.8 Å². The first-order chi connectivity index (χ1) is 28.2. The molecule has 0 amide bonds. The van der Waals surface area contributed by atoms with Gasteiger partial charge in [0.2, 0.25) is 0 Å². The Bertz CT molecular complexity index is 3360. The Morgan fingerprint density at radius 2 is 0.947 bits per heavy atom. The number of rotatable bonds is 4. The normalized spacial score (nSPS) is 16.1. The zero-order valence-electron chi connectivity index (χ0n) is 30.8. The Hall–Kier alpha value is -7.43. The molecule has 2 heterocycles. The van der Waals surface area contributed by atoms with Crippen molar-refractivity contribution in [3.63, 3.8) is 0 Å². The predicted octanol–water partition coefficient (Wildman–Crippen LogP) is 13.0. The van der Waals surface area contributed by atoms with E-state index in [1.807, 2.05) is 6.07 Å². The first-order valence-electron chi connectivity index (χ1n) is 19.5. The lowest BCUT2D eigenvalue weighted by Gasteiger charge is -2.28. The van der Waals surface area contributed by atoms with E-state index in [9.17, 15) is 0 Å². The molecule has 0 spiro atoms. The molecule has 0 radical (unpaired) electrons. The number of hydrogen-bond donors (Lipinski definition) is 0. The highest BCUT2D eigenvalue weighted by Gasteiger charge is 2.42. The van der Waals surface area contributed by atoms with Crippen LogP contribution in [0.2, 0.25) is 0 Å². The average molecular weight is 728 g/mol. The number of benzene rings is 9. The third kappa shape index (κ3) is 5.04. The van der Waals surface area contributed by atoms with Crippen molar-refractivity contribution in [2.75, 3.05) is 0 Å². The zero-order valence-corrected chi connectivity index (χ0v) is 30.8.